The number of benzene rings is 1. The standard InChI is InChI=1S/C11H10N6/c1-8-2-4-10(5-3-8)17-7-9(6-12-17)11-13-15-16-14-11/h2-7H,1H3,(H,13,14,15,16). The molecular weight excluding hydrogens is 216 g/mol. The van der Waals surface area contributed by atoms with E-state index in [4.69, 9.17) is 0 Å². The van der Waals surface area contributed by atoms with E-state index in [1.54, 1.807) is 10.9 Å². The van der Waals surface area contributed by atoms with Crippen molar-refractivity contribution in [2.45, 2.75) is 6.92 Å². The number of tetrazole rings is 1. The van der Waals surface area contributed by atoms with Crippen LogP contribution in [0.1, 0.15) is 5.56 Å². The van der Waals surface area contributed by atoms with E-state index in [1.165, 1.54) is 5.56 Å². The van der Waals surface area contributed by atoms with E-state index in [0.29, 0.717) is 5.82 Å². The highest BCUT2D eigenvalue weighted by Gasteiger charge is 2.06. The van der Waals surface area contributed by atoms with Crippen LogP contribution >= 0.6 is 0 Å². The van der Waals surface area contributed by atoms with E-state index in [0.717, 1.165) is 11.3 Å². The van der Waals surface area contributed by atoms with E-state index < -0.39 is 0 Å². The Labute approximate surface area is 97.3 Å². The van der Waals surface area contributed by atoms with Crippen molar-refractivity contribution in [1.29, 1.82) is 0 Å². The Kier molecular flexibility index (Phi) is 2.18. The first-order valence-corrected chi connectivity index (χ1v) is 5.18. The number of rotatable bonds is 2. The summed E-state index contributed by atoms with van der Waals surface area (Å²) in [6.45, 7) is 2.05. The lowest BCUT2D eigenvalue weighted by molar-refractivity contribution is 0.880. The highest BCUT2D eigenvalue weighted by molar-refractivity contribution is 5.52. The number of hydrogen-bond donors (Lipinski definition) is 1. The Bertz CT molecular complexity index is 608. The van der Waals surface area contributed by atoms with Crippen LogP contribution in [0.3, 0.4) is 0 Å². The van der Waals surface area contributed by atoms with Crippen molar-refractivity contribution < 1.29 is 0 Å². The molecule has 0 saturated carbocycles. The third-order valence-corrected chi connectivity index (χ3v) is 2.48. The first-order valence-electron chi connectivity index (χ1n) is 5.18. The van der Waals surface area contributed by atoms with E-state index in [2.05, 4.69) is 32.6 Å². The lowest BCUT2D eigenvalue weighted by atomic mass is 10.2. The maximum atomic E-state index is 4.27. The molecule has 0 bridgehead atoms. The van der Waals surface area contributed by atoms with Gasteiger partial charge in [-0.3, -0.25) is 0 Å². The Balaban J connectivity index is 1.98. The minimum absolute atomic E-state index is 0.545. The van der Waals surface area contributed by atoms with Gasteiger partial charge in [0.15, 0.2) is 0 Å². The van der Waals surface area contributed by atoms with Crippen LogP contribution in [0.25, 0.3) is 17.1 Å². The molecule has 0 amide bonds. The fourth-order valence-electron chi connectivity index (χ4n) is 1.56. The average Bonchev–Trinajstić information content (AvgIpc) is 3.00. The van der Waals surface area contributed by atoms with Gasteiger partial charge in [0.25, 0.3) is 0 Å². The lowest BCUT2D eigenvalue weighted by Crippen LogP contribution is -1.93. The summed E-state index contributed by atoms with van der Waals surface area (Å²) in [5, 5.41) is 18.0. The Morgan fingerprint density at radius 3 is 2.71 bits per heavy atom. The first kappa shape index (κ1) is 9.71. The number of aromatic amines is 1. The summed E-state index contributed by atoms with van der Waals surface area (Å²) >= 11 is 0. The molecule has 3 rings (SSSR count). The third-order valence-electron chi connectivity index (χ3n) is 2.48. The van der Waals surface area contributed by atoms with Gasteiger partial charge < -0.3 is 0 Å². The van der Waals surface area contributed by atoms with Gasteiger partial charge in [-0.15, -0.1) is 10.2 Å². The SMILES string of the molecule is Cc1ccc(-n2cc(-c3nn[nH]n3)cn2)cc1. The molecule has 0 aliphatic rings. The predicted molar refractivity (Wildman–Crippen MR) is 61.5 cm³/mol. The van der Waals surface area contributed by atoms with Crippen molar-refractivity contribution in [1.82, 2.24) is 30.4 Å². The maximum absolute atomic E-state index is 4.27. The number of hydrogen-bond acceptors (Lipinski definition) is 4. The summed E-state index contributed by atoms with van der Waals surface area (Å²) in [5.41, 5.74) is 3.06. The summed E-state index contributed by atoms with van der Waals surface area (Å²) in [5.74, 6) is 0.545. The normalized spacial score (nSPS) is 10.6. The van der Waals surface area contributed by atoms with Crippen LogP contribution in [-0.4, -0.2) is 30.4 Å². The Morgan fingerprint density at radius 2 is 2.00 bits per heavy atom. The Hall–Kier alpha value is -2.50. The number of aryl methyl sites for hydroxylation is 1. The Morgan fingerprint density at radius 1 is 1.18 bits per heavy atom. The monoisotopic (exact) mass is 226 g/mol. The minimum atomic E-state index is 0.545. The van der Waals surface area contributed by atoms with Crippen LogP contribution in [-0.2, 0) is 0 Å². The number of nitrogens with zero attached hydrogens (tertiary/aromatic N) is 5. The quantitative estimate of drug-likeness (QED) is 0.716. The van der Waals surface area contributed by atoms with Crippen LogP contribution in [0.4, 0.5) is 0 Å². The van der Waals surface area contributed by atoms with Crippen LogP contribution in [0.2, 0.25) is 0 Å². The van der Waals surface area contributed by atoms with Gasteiger partial charge in [-0.1, -0.05) is 17.7 Å². The molecule has 0 saturated heterocycles. The molecule has 3 aromatic rings. The van der Waals surface area contributed by atoms with Crippen LogP contribution in [0.15, 0.2) is 36.7 Å². The van der Waals surface area contributed by atoms with Crippen molar-refractivity contribution in [3.63, 3.8) is 0 Å². The molecule has 84 valence electrons. The number of aromatic nitrogens is 6. The highest BCUT2D eigenvalue weighted by Crippen LogP contribution is 2.15. The smallest absolute Gasteiger partial charge is 0.207 e. The van der Waals surface area contributed by atoms with Gasteiger partial charge in [0.05, 0.1) is 17.4 Å². The molecule has 0 aliphatic carbocycles. The molecular formula is C11H10N6. The second-order valence-corrected chi connectivity index (χ2v) is 3.74. The van der Waals surface area contributed by atoms with Gasteiger partial charge in [-0.2, -0.15) is 10.3 Å². The molecule has 0 radical (unpaired) electrons. The van der Waals surface area contributed by atoms with Gasteiger partial charge in [-0.25, -0.2) is 4.68 Å². The minimum Gasteiger partial charge on any atom is -0.240 e. The molecule has 0 atom stereocenters. The molecule has 2 aromatic heterocycles. The molecule has 6 nitrogen and oxygen atoms in total. The lowest BCUT2D eigenvalue weighted by Gasteiger charge is -2.00. The van der Waals surface area contributed by atoms with Gasteiger partial charge in [0.2, 0.25) is 5.82 Å². The van der Waals surface area contributed by atoms with Crippen molar-refractivity contribution in [2.24, 2.45) is 0 Å². The summed E-state index contributed by atoms with van der Waals surface area (Å²) < 4.78 is 1.78. The topological polar surface area (TPSA) is 72.3 Å². The van der Waals surface area contributed by atoms with Crippen molar-refractivity contribution in [2.75, 3.05) is 0 Å². The molecule has 0 unspecified atom stereocenters. The molecule has 17 heavy (non-hydrogen) atoms. The zero-order valence-electron chi connectivity index (χ0n) is 9.20. The molecule has 0 spiro atoms. The van der Waals surface area contributed by atoms with Crippen LogP contribution in [0, 0.1) is 6.92 Å². The fourth-order valence-corrected chi connectivity index (χ4v) is 1.56. The summed E-state index contributed by atoms with van der Waals surface area (Å²) in [4.78, 5) is 0. The van der Waals surface area contributed by atoms with Gasteiger partial charge in [-0.05, 0) is 24.3 Å². The summed E-state index contributed by atoms with van der Waals surface area (Å²) in [7, 11) is 0. The molecule has 0 aliphatic heterocycles. The fraction of sp³-hybridized carbons (Fsp3) is 0.0909. The first-order chi connectivity index (χ1) is 8.33. The maximum Gasteiger partial charge on any atom is 0.207 e. The molecule has 2 heterocycles. The van der Waals surface area contributed by atoms with Crippen molar-refractivity contribution in [3.8, 4) is 17.1 Å². The predicted octanol–water partition coefficient (Wildman–Crippen LogP) is 1.36. The van der Waals surface area contributed by atoms with Gasteiger partial charge in [0.1, 0.15) is 0 Å². The second kappa shape index (κ2) is 3.82. The van der Waals surface area contributed by atoms with Crippen molar-refractivity contribution >= 4 is 0 Å². The summed E-state index contributed by atoms with van der Waals surface area (Å²) in [6.07, 6.45) is 3.58. The zero-order chi connectivity index (χ0) is 11.7. The van der Waals surface area contributed by atoms with Gasteiger partial charge >= 0.3 is 0 Å². The second-order valence-electron chi connectivity index (χ2n) is 3.74. The van der Waals surface area contributed by atoms with Crippen LogP contribution < -0.4 is 0 Å². The summed E-state index contributed by atoms with van der Waals surface area (Å²) in [6, 6.07) is 8.13. The highest BCUT2D eigenvalue weighted by atomic mass is 15.5. The van der Waals surface area contributed by atoms with Crippen molar-refractivity contribution in [3.05, 3.63) is 42.2 Å². The molecule has 0 fully saturated rings. The molecule has 1 aromatic carbocycles. The average molecular weight is 226 g/mol. The largest absolute Gasteiger partial charge is 0.240 e. The molecule has 6 heteroatoms. The van der Waals surface area contributed by atoms with E-state index >= 15 is 0 Å². The number of nitrogens with one attached hydrogen (secondary N) is 1. The molecule has 1 N–H and O–H groups in total. The number of H-pyrrole nitrogens is 1. The zero-order valence-corrected chi connectivity index (χ0v) is 9.20. The third kappa shape index (κ3) is 1.80. The van der Waals surface area contributed by atoms with Gasteiger partial charge in [0, 0.05) is 6.20 Å². The van der Waals surface area contributed by atoms with E-state index in [1.807, 2.05) is 30.5 Å². The van der Waals surface area contributed by atoms with Crippen LogP contribution in [0.5, 0.6) is 0 Å². The van der Waals surface area contributed by atoms with E-state index in [-0.39, 0.29) is 0 Å². The van der Waals surface area contributed by atoms with E-state index in [9.17, 15) is 0 Å².